The first-order valence-electron chi connectivity index (χ1n) is 8.15. The third-order valence-corrected chi connectivity index (χ3v) is 5.52. The molecule has 2 heterocycles. The van der Waals surface area contributed by atoms with E-state index < -0.39 is 5.41 Å². The second-order valence-corrected chi connectivity index (χ2v) is 7.46. The van der Waals surface area contributed by atoms with Gasteiger partial charge >= 0.3 is 5.97 Å². The van der Waals surface area contributed by atoms with Gasteiger partial charge in [0.05, 0.1) is 12.5 Å². The molecule has 1 aromatic rings. The molecular formula is C18H24N2O3. The molecule has 124 valence electrons. The smallest absolute Gasteiger partial charge is 0.314 e. The first-order valence-corrected chi connectivity index (χ1v) is 8.15. The van der Waals surface area contributed by atoms with Crippen molar-refractivity contribution >= 4 is 11.9 Å². The Labute approximate surface area is 137 Å². The van der Waals surface area contributed by atoms with E-state index in [1.54, 1.807) is 6.20 Å². The Hall–Kier alpha value is -1.91. The summed E-state index contributed by atoms with van der Waals surface area (Å²) < 4.78 is 5.02. The summed E-state index contributed by atoms with van der Waals surface area (Å²) >= 11 is 0. The Morgan fingerprint density at radius 1 is 1.39 bits per heavy atom. The average Bonchev–Trinajstić information content (AvgIpc) is 2.89. The molecule has 0 radical (unpaired) electrons. The van der Waals surface area contributed by atoms with Crippen LogP contribution in [0.1, 0.15) is 32.4 Å². The monoisotopic (exact) mass is 316 g/mol. The lowest BCUT2D eigenvalue weighted by Crippen LogP contribution is -2.57. The average molecular weight is 316 g/mol. The number of hydrogen-bond acceptors (Lipinski definition) is 4. The van der Waals surface area contributed by atoms with E-state index in [-0.39, 0.29) is 23.2 Å². The van der Waals surface area contributed by atoms with Crippen molar-refractivity contribution in [3.05, 3.63) is 30.1 Å². The summed E-state index contributed by atoms with van der Waals surface area (Å²) in [5.41, 5.74) is 0.523. The van der Waals surface area contributed by atoms with Crippen LogP contribution >= 0.6 is 0 Å². The predicted octanol–water partition coefficient (Wildman–Crippen LogP) is 2.06. The van der Waals surface area contributed by atoms with E-state index in [4.69, 9.17) is 4.74 Å². The van der Waals surface area contributed by atoms with Crippen LogP contribution in [0.2, 0.25) is 0 Å². The number of nitrogens with zero attached hydrogens (tertiary/aromatic N) is 2. The van der Waals surface area contributed by atoms with E-state index in [0.29, 0.717) is 25.9 Å². The molecule has 3 rings (SSSR count). The van der Waals surface area contributed by atoms with Crippen LogP contribution in [0, 0.1) is 16.7 Å². The zero-order valence-electron chi connectivity index (χ0n) is 14.0. The van der Waals surface area contributed by atoms with Gasteiger partial charge in [0, 0.05) is 31.4 Å². The highest BCUT2D eigenvalue weighted by molar-refractivity contribution is 5.83. The number of pyridine rings is 1. The van der Waals surface area contributed by atoms with Gasteiger partial charge in [0.2, 0.25) is 5.91 Å². The van der Waals surface area contributed by atoms with Gasteiger partial charge in [0.1, 0.15) is 0 Å². The molecular weight excluding hydrogens is 292 g/mol. The minimum Gasteiger partial charge on any atom is -0.469 e. The van der Waals surface area contributed by atoms with Gasteiger partial charge in [-0.05, 0) is 36.3 Å². The molecule has 1 saturated carbocycles. The fraction of sp³-hybridized carbons (Fsp3) is 0.611. The first kappa shape index (κ1) is 16.0. The van der Waals surface area contributed by atoms with Crippen LogP contribution in [-0.2, 0) is 20.7 Å². The molecule has 1 aliphatic carbocycles. The fourth-order valence-corrected chi connectivity index (χ4v) is 4.50. The van der Waals surface area contributed by atoms with Gasteiger partial charge < -0.3 is 9.64 Å². The molecule has 1 aromatic heterocycles. The van der Waals surface area contributed by atoms with Crippen LogP contribution in [0.15, 0.2) is 24.4 Å². The summed E-state index contributed by atoms with van der Waals surface area (Å²) in [6.45, 7) is 5.49. The number of amides is 1. The number of fused-ring (bicyclic) bond motifs is 1. The largest absolute Gasteiger partial charge is 0.469 e. The van der Waals surface area contributed by atoms with Crippen molar-refractivity contribution in [2.75, 3.05) is 20.2 Å². The van der Waals surface area contributed by atoms with Crippen LogP contribution in [0.4, 0.5) is 0 Å². The molecule has 2 fully saturated rings. The summed E-state index contributed by atoms with van der Waals surface area (Å²) in [5.74, 6) is 0.132. The highest BCUT2D eigenvalue weighted by Gasteiger charge is 2.67. The lowest BCUT2D eigenvalue weighted by atomic mass is 9.48. The van der Waals surface area contributed by atoms with Crippen LogP contribution in [0.5, 0.6) is 0 Å². The normalized spacial score (nSPS) is 28.0. The SMILES string of the molecule is COC(=O)[C@@]12CN(C(=O)CCc3ccccn3)C[C@@H]1C(C)(C)C2. The van der Waals surface area contributed by atoms with Gasteiger partial charge in [-0.3, -0.25) is 14.6 Å². The maximum atomic E-state index is 12.5. The Balaban J connectivity index is 1.66. The van der Waals surface area contributed by atoms with Crippen molar-refractivity contribution in [3.8, 4) is 0 Å². The molecule has 23 heavy (non-hydrogen) atoms. The van der Waals surface area contributed by atoms with E-state index in [2.05, 4.69) is 18.8 Å². The Morgan fingerprint density at radius 2 is 2.17 bits per heavy atom. The number of methoxy groups -OCH3 is 1. The Bertz CT molecular complexity index is 614. The number of aryl methyl sites for hydroxylation is 1. The summed E-state index contributed by atoms with van der Waals surface area (Å²) in [4.78, 5) is 30.9. The van der Waals surface area contributed by atoms with Crippen molar-refractivity contribution in [1.82, 2.24) is 9.88 Å². The minimum atomic E-state index is -0.487. The van der Waals surface area contributed by atoms with Crippen LogP contribution in [0.3, 0.4) is 0 Å². The Kier molecular flexibility index (Phi) is 3.90. The topological polar surface area (TPSA) is 59.5 Å². The molecule has 0 bridgehead atoms. The molecule has 0 N–H and O–H groups in total. The number of rotatable bonds is 4. The quantitative estimate of drug-likeness (QED) is 0.798. The van der Waals surface area contributed by atoms with Crippen molar-refractivity contribution in [2.24, 2.45) is 16.7 Å². The van der Waals surface area contributed by atoms with Gasteiger partial charge in [-0.1, -0.05) is 19.9 Å². The number of likely N-dealkylation sites (tertiary alicyclic amines) is 1. The number of hydrogen-bond donors (Lipinski definition) is 0. The van der Waals surface area contributed by atoms with Crippen molar-refractivity contribution < 1.29 is 14.3 Å². The molecule has 5 heteroatoms. The lowest BCUT2D eigenvalue weighted by Gasteiger charge is -2.54. The first-order chi connectivity index (χ1) is 10.9. The molecule has 0 unspecified atom stereocenters. The highest BCUT2D eigenvalue weighted by Crippen LogP contribution is 2.63. The van der Waals surface area contributed by atoms with Crippen molar-refractivity contribution in [1.29, 1.82) is 0 Å². The maximum Gasteiger partial charge on any atom is 0.314 e. The van der Waals surface area contributed by atoms with Gasteiger partial charge in [-0.15, -0.1) is 0 Å². The minimum absolute atomic E-state index is 0.0875. The molecule has 1 amide bonds. The summed E-state index contributed by atoms with van der Waals surface area (Å²) in [6, 6.07) is 5.73. The number of carbonyl (C=O) groups excluding carboxylic acids is 2. The zero-order valence-corrected chi connectivity index (χ0v) is 14.0. The van der Waals surface area contributed by atoms with Gasteiger partial charge in [-0.25, -0.2) is 0 Å². The van der Waals surface area contributed by atoms with Gasteiger partial charge in [-0.2, -0.15) is 0 Å². The Morgan fingerprint density at radius 3 is 2.78 bits per heavy atom. The maximum absolute atomic E-state index is 12.5. The van der Waals surface area contributed by atoms with Crippen molar-refractivity contribution in [2.45, 2.75) is 33.1 Å². The summed E-state index contributed by atoms with van der Waals surface area (Å²) in [6.07, 6.45) is 3.60. The van der Waals surface area contributed by atoms with Gasteiger partial charge in [0.25, 0.3) is 0 Å². The number of ether oxygens (including phenoxy) is 1. The van der Waals surface area contributed by atoms with E-state index in [1.807, 2.05) is 23.1 Å². The third-order valence-electron chi connectivity index (χ3n) is 5.52. The van der Waals surface area contributed by atoms with Crippen LogP contribution in [0.25, 0.3) is 0 Å². The lowest BCUT2D eigenvalue weighted by molar-refractivity contribution is -0.174. The number of aromatic nitrogens is 1. The van der Waals surface area contributed by atoms with E-state index in [0.717, 1.165) is 12.1 Å². The second kappa shape index (κ2) is 5.62. The van der Waals surface area contributed by atoms with Gasteiger partial charge in [0.15, 0.2) is 0 Å². The number of carbonyl (C=O) groups is 2. The third kappa shape index (κ3) is 2.62. The second-order valence-electron chi connectivity index (χ2n) is 7.46. The van der Waals surface area contributed by atoms with E-state index >= 15 is 0 Å². The molecule has 2 aliphatic rings. The zero-order chi connectivity index (χ0) is 16.7. The van der Waals surface area contributed by atoms with E-state index in [9.17, 15) is 9.59 Å². The predicted molar refractivity (Wildman–Crippen MR) is 85.5 cm³/mol. The molecule has 1 aliphatic heterocycles. The summed E-state index contributed by atoms with van der Waals surface area (Å²) in [7, 11) is 1.44. The standard InChI is InChI=1S/C18H24N2O3/c1-17(2)11-18(16(22)23-3)12-20(10-14(17)18)15(21)8-7-13-6-4-5-9-19-13/h4-6,9,14H,7-8,10-12H2,1-3H3/t14-,18+/m1/s1. The van der Waals surface area contributed by atoms with Crippen molar-refractivity contribution in [3.63, 3.8) is 0 Å². The molecule has 1 saturated heterocycles. The summed E-state index contributed by atoms with van der Waals surface area (Å²) in [5, 5.41) is 0. The molecule has 0 spiro atoms. The number of esters is 1. The van der Waals surface area contributed by atoms with E-state index in [1.165, 1.54) is 7.11 Å². The molecule has 2 atom stereocenters. The molecule has 0 aromatic carbocycles. The van der Waals surface area contributed by atoms with Crippen LogP contribution in [-0.4, -0.2) is 42.0 Å². The fourth-order valence-electron chi connectivity index (χ4n) is 4.50. The van der Waals surface area contributed by atoms with Crippen LogP contribution < -0.4 is 0 Å². The highest BCUT2D eigenvalue weighted by atomic mass is 16.5. The molecule has 5 nitrogen and oxygen atoms in total.